The summed E-state index contributed by atoms with van der Waals surface area (Å²) in [4.78, 5) is 25.8. The lowest BCUT2D eigenvalue weighted by Gasteiger charge is -2.12. The molecule has 0 saturated heterocycles. The highest BCUT2D eigenvalue weighted by Crippen LogP contribution is 2.22. The molecule has 0 saturated carbocycles. The van der Waals surface area contributed by atoms with Crippen LogP contribution < -0.4 is 5.19 Å². The molecule has 0 aromatic heterocycles. The molecule has 0 unspecified atom stereocenters. The summed E-state index contributed by atoms with van der Waals surface area (Å²) in [6, 6.07) is 18.5. The fourth-order valence-electron chi connectivity index (χ4n) is 2.74. The zero-order valence-electron chi connectivity index (χ0n) is 13.4. The van der Waals surface area contributed by atoms with E-state index in [1.54, 1.807) is 24.3 Å². The van der Waals surface area contributed by atoms with Crippen LogP contribution >= 0.6 is 0 Å². The fourth-order valence-corrected chi connectivity index (χ4v) is 3.69. The third-order valence-corrected chi connectivity index (χ3v) is 5.18. The predicted molar refractivity (Wildman–Crippen MR) is 96.8 cm³/mol. The maximum Gasteiger partial charge on any atom is 0.261 e. The third kappa shape index (κ3) is 3.71. The average molecular weight is 333 g/mol. The first-order chi connectivity index (χ1) is 11.8. The Kier molecular flexibility index (Phi) is 5.38. The first-order valence-corrected chi connectivity index (χ1v) is 9.37. The molecule has 120 valence electrons. The molecule has 0 N–H and O–H groups in total. The van der Waals surface area contributed by atoms with Crippen LogP contribution in [0.5, 0.6) is 0 Å². The Morgan fingerprint density at radius 3 is 2.12 bits per heavy atom. The Labute approximate surface area is 144 Å². The van der Waals surface area contributed by atoms with Crippen LogP contribution in [0.15, 0.2) is 66.7 Å². The van der Waals surface area contributed by atoms with E-state index in [2.05, 4.69) is 36.4 Å². The van der Waals surface area contributed by atoms with Gasteiger partial charge in [0.05, 0.1) is 20.6 Å². The summed E-state index contributed by atoms with van der Waals surface area (Å²) < 4.78 is 0. The van der Waals surface area contributed by atoms with Gasteiger partial charge in [0.2, 0.25) is 0 Å². The minimum Gasteiger partial charge on any atom is -0.274 e. The van der Waals surface area contributed by atoms with Gasteiger partial charge in [0.25, 0.3) is 11.8 Å². The monoisotopic (exact) mass is 333 g/mol. The number of amides is 2. The number of rotatable bonds is 7. The molecule has 3 rings (SSSR count). The molecule has 0 bridgehead atoms. The molecular formula is C20H19NO2Si. The molecule has 0 fully saturated rings. The van der Waals surface area contributed by atoms with Crippen LogP contribution in [0, 0.1) is 0 Å². The molecule has 4 heteroatoms. The minimum absolute atomic E-state index is 0.162. The maximum atomic E-state index is 12.2. The van der Waals surface area contributed by atoms with Crippen molar-refractivity contribution in [2.75, 3.05) is 6.54 Å². The van der Waals surface area contributed by atoms with Crippen LogP contribution in [0.25, 0.3) is 0 Å². The highest BCUT2D eigenvalue weighted by atomic mass is 28.2. The maximum absolute atomic E-state index is 12.2. The van der Waals surface area contributed by atoms with Crippen molar-refractivity contribution in [2.45, 2.75) is 18.9 Å². The molecule has 3 nitrogen and oxygen atoms in total. The van der Waals surface area contributed by atoms with E-state index in [9.17, 15) is 9.59 Å². The molecule has 2 aromatic carbocycles. The topological polar surface area (TPSA) is 37.4 Å². The quantitative estimate of drug-likeness (QED) is 0.338. The minimum atomic E-state index is -0.162. The van der Waals surface area contributed by atoms with E-state index in [4.69, 9.17) is 0 Å². The van der Waals surface area contributed by atoms with Crippen molar-refractivity contribution in [1.29, 1.82) is 0 Å². The van der Waals surface area contributed by atoms with Gasteiger partial charge >= 0.3 is 0 Å². The fraction of sp³-hybridized carbons (Fsp3) is 0.200. The highest BCUT2D eigenvalue weighted by Gasteiger charge is 2.34. The van der Waals surface area contributed by atoms with Gasteiger partial charge in [0.1, 0.15) is 0 Å². The van der Waals surface area contributed by atoms with E-state index >= 15 is 0 Å². The molecule has 0 atom stereocenters. The van der Waals surface area contributed by atoms with Crippen LogP contribution in [-0.4, -0.2) is 32.8 Å². The molecule has 1 heterocycles. The van der Waals surface area contributed by atoms with Crippen LogP contribution in [-0.2, 0) is 0 Å². The first-order valence-electron chi connectivity index (χ1n) is 8.16. The number of fused-ring (bicyclic) bond motifs is 1. The summed E-state index contributed by atoms with van der Waals surface area (Å²) in [6.45, 7) is 0.484. The molecule has 2 radical (unpaired) electrons. The Morgan fingerprint density at radius 1 is 0.833 bits per heavy atom. The zero-order valence-corrected chi connectivity index (χ0v) is 14.4. The summed E-state index contributed by atoms with van der Waals surface area (Å²) in [5.41, 5.74) is 1.06. The Bertz CT molecular complexity index is 720. The molecule has 0 aliphatic carbocycles. The lowest BCUT2D eigenvalue weighted by molar-refractivity contribution is 0.0653. The standard InChI is InChI=1S/C20H19NO2Si/c22-19-17-12-6-7-13-18(17)20(23)21(19)14-8-1-2-9-15-24-16-10-4-3-5-11-16/h2-7,9-13H,1,8,14-15H2/b9-2-. The summed E-state index contributed by atoms with van der Waals surface area (Å²) in [5, 5.41) is 1.37. The van der Waals surface area contributed by atoms with Crippen LogP contribution in [0.4, 0.5) is 0 Å². The smallest absolute Gasteiger partial charge is 0.261 e. The van der Waals surface area contributed by atoms with E-state index < -0.39 is 0 Å². The van der Waals surface area contributed by atoms with Crippen molar-refractivity contribution < 1.29 is 9.59 Å². The number of benzene rings is 2. The van der Waals surface area contributed by atoms with E-state index in [0.29, 0.717) is 17.7 Å². The molecule has 2 aromatic rings. The van der Waals surface area contributed by atoms with E-state index in [1.807, 2.05) is 6.07 Å². The number of carbonyl (C=O) groups is 2. The summed E-state index contributed by atoms with van der Waals surface area (Å²) in [5.74, 6) is -0.324. The second kappa shape index (κ2) is 7.88. The third-order valence-electron chi connectivity index (χ3n) is 4.00. The summed E-state index contributed by atoms with van der Waals surface area (Å²) in [7, 11) is 0.786. The number of hydrogen-bond donors (Lipinski definition) is 0. The number of allylic oxidation sites excluding steroid dienone is 2. The number of unbranched alkanes of at least 4 members (excludes halogenated alkanes) is 1. The van der Waals surface area contributed by atoms with E-state index in [1.165, 1.54) is 10.1 Å². The van der Waals surface area contributed by atoms with Crippen molar-refractivity contribution in [2.24, 2.45) is 0 Å². The number of carbonyl (C=O) groups excluding carboxylic acids is 2. The highest BCUT2D eigenvalue weighted by molar-refractivity contribution is 6.53. The lowest BCUT2D eigenvalue weighted by atomic mass is 10.1. The van der Waals surface area contributed by atoms with Crippen LogP contribution in [0.2, 0.25) is 6.04 Å². The van der Waals surface area contributed by atoms with Crippen molar-refractivity contribution in [3.05, 3.63) is 77.9 Å². The number of imide groups is 1. The van der Waals surface area contributed by atoms with Crippen LogP contribution in [0.1, 0.15) is 33.6 Å². The van der Waals surface area contributed by atoms with Gasteiger partial charge in [0, 0.05) is 6.54 Å². The van der Waals surface area contributed by atoms with E-state index in [0.717, 1.165) is 28.4 Å². The predicted octanol–water partition coefficient (Wildman–Crippen LogP) is 3.07. The Balaban J connectivity index is 1.40. The van der Waals surface area contributed by atoms with Gasteiger partial charge in [-0.1, -0.05) is 59.8 Å². The SMILES string of the molecule is O=C1c2ccccc2C(=O)N1CCC/C=C\C[Si]c1ccccc1. The summed E-state index contributed by atoms with van der Waals surface area (Å²) in [6.07, 6.45) is 6.02. The largest absolute Gasteiger partial charge is 0.274 e. The van der Waals surface area contributed by atoms with Crippen molar-refractivity contribution in [3.63, 3.8) is 0 Å². The van der Waals surface area contributed by atoms with Gasteiger partial charge in [-0.15, -0.1) is 0 Å². The molecule has 0 spiro atoms. The number of nitrogens with zero attached hydrogens (tertiary/aromatic N) is 1. The van der Waals surface area contributed by atoms with Gasteiger partial charge in [-0.05, 0) is 31.0 Å². The van der Waals surface area contributed by atoms with Gasteiger partial charge in [-0.3, -0.25) is 14.5 Å². The molecule has 1 aliphatic heterocycles. The average Bonchev–Trinajstić information content (AvgIpc) is 2.87. The van der Waals surface area contributed by atoms with Gasteiger partial charge in [-0.2, -0.15) is 0 Å². The molecule has 1 aliphatic rings. The molecule has 24 heavy (non-hydrogen) atoms. The Morgan fingerprint density at radius 2 is 1.46 bits per heavy atom. The summed E-state index contributed by atoms with van der Waals surface area (Å²) >= 11 is 0. The second-order valence-electron chi connectivity index (χ2n) is 5.67. The molecule has 2 amide bonds. The van der Waals surface area contributed by atoms with Crippen molar-refractivity contribution >= 4 is 26.5 Å². The number of hydrogen-bond acceptors (Lipinski definition) is 2. The zero-order chi connectivity index (χ0) is 16.8. The normalized spacial score (nSPS) is 13.8. The van der Waals surface area contributed by atoms with Crippen molar-refractivity contribution in [3.8, 4) is 0 Å². The molecular weight excluding hydrogens is 314 g/mol. The Hall–Kier alpha value is -2.46. The van der Waals surface area contributed by atoms with Gasteiger partial charge < -0.3 is 0 Å². The second-order valence-corrected chi connectivity index (χ2v) is 7.01. The lowest BCUT2D eigenvalue weighted by Crippen LogP contribution is -2.30. The van der Waals surface area contributed by atoms with E-state index in [-0.39, 0.29) is 11.8 Å². The first kappa shape index (κ1) is 16.4. The van der Waals surface area contributed by atoms with Gasteiger partial charge in [-0.25, -0.2) is 0 Å². The van der Waals surface area contributed by atoms with Crippen molar-refractivity contribution in [1.82, 2.24) is 4.90 Å². The van der Waals surface area contributed by atoms with Crippen LogP contribution in [0.3, 0.4) is 0 Å². The van der Waals surface area contributed by atoms with Gasteiger partial charge in [0.15, 0.2) is 0 Å².